The molecule has 0 saturated heterocycles. The van der Waals surface area contributed by atoms with Crippen LogP contribution in [0.4, 0.5) is 0 Å². The molecular weight excluding hydrogens is 370 g/mol. The van der Waals surface area contributed by atoms with E-state index in [0.717, 1.165) is 24.8 Å². The smallest absolute Gasteiger partial charge is 0.351 e. The van der Waals surface area contributed by atoms with Crippen LogP contribution in [0.2, 0.25) is 0 Å². The Balaban J connectivity index is 2.81. The summed E-state index contributed by atoms with van der Waals surface area (Å²) in [5.74, 6) is -0.590. The number of carbonyl (C=O) groups is 2. The van der Waals surface area contributed by atoms with Crippen LogP contribution in [0.3, 0.4) is 0 Å². The number of aromatic hydroxyl groups is 1. The number of hydrogen-bond acceptors (Lipinski definition) is 5. The molecule has 29 heavy (non-hydrogen) atoms. The highest BCUT2D eigenvalue weighted by Crippen LogP contribution is 2.20. The van der Waals surface area contributed by atoms with Crippen molar-refractivity contribution in [1.29, 1.82) is 0 Å². The molecule has 6 heteroatoms. The second kappa shape index (κ2) is 13.3. The molecule has 1 aromatic heterocycles. The quantitative estimate of drug-likeness (QED) is 0.166. The van der Waals surface area contributed by atoms with Gasteiger partial charge in [0.25, 0.3) is 0 Å². The molecule has 0 aromatic carbocycles. The molecule has 0 aliphatic heterocycles. The summed E-state index contributed by atoms with van der Waals surface area (Å²) in [7, 11) is 0. The minimum Gasteiger partial charge on any atom is -0.507 e. The predicted molar refractivity (Wildman–Crippen MR) is 114 cm³/mol. The van der Waals surface area contributed by atoms with Crippen LogP contribution < -0.4 is 10.9 Å². The average molecular weight is 402 g/mol. The Morgan fingerprint density at radius 1 is 1.21 bits per heavy atom. The molecule has 0 fully saturated rings. The summed E-state index contributed by atoms with van der Waals surface area (Å²) in [4.78, 5) is 34.9. The van der Waals surface area contributed by atoms with Crippen molar-refractivity contribution in [3.8, 4) is 5.75 Å². The first-order valence-corrected chi connectivity index (χ1v) is 10.00. The number of aryl methyl sites for hydroxylation is 1. The molecule has 0 unspecified atom stereocenters. The number of amides is 1. The third-order valence-corrected chi connectivity index (χ3v) is 4.44. The third-order valence-electron chi connectivity index (χ3n) is 4.44. The van der Waals surface area contributed by atoms with Gasteiger partial charge in [0, 0.05) is 12.5 Å². The van der Waals surface area contributed by atoms with E-state index in [0.29, 0.717) is 37.0 Å². The van der Waals surface area contributed by atoms with Crippen LogP contribution in [0.1, 0.15) is 75.4 Å². The Morgan fingerprint density at radius 2 is 1.97 bits per heavy atom. The van der Waals surface area contributed by atoms with Gasteiger partial charge in [-0.25, -0.2) is 4.79 Å². The summed E-state index contributed by atoms with van der Waals surface area (Å²) in [6.07, 6.45) is 13.6. The van der Waals surface area contributed by atoms with Gasteiger partial charge in [0.05, 0.1) is 0 Å². The first-order chi connectivity index (χ1) is 13.9. The first kappa shape index (κ1) is 24.1. The fourth-order valence-corrected chi connectivity index (χ4v) is 2.72. The van der Waals surface area contributed by atoms with E-state index in [1.165, 1.54) is 18.7 Å². The van der Waals surface area contributed by atoms with E-state index in [-0.39, 0.29) is 11.3 Å². The summed E-state index contributed by atoms with van der Waals surface area (Å²) in [6.45, 7) is 5.77. The fourth-order valence-electron chi connectivity index (χ4n) is 2.72. The first-order valence-electron chi connectivity index (χ1n) is 10.00. The summed E-state index contributed by atoms with van der Waals surface area (Å²) in [6, 6.07) is 1.32. The maximum Gasteiger partial charge on any atom is 0.351 e. The number of carbonyl (C=O) groups excluding carboxylic acids is 2. The van der Waals surface area contributed by atoms with Gasteiger partial charge < -0.3 is 14.8 Å². The zero-order valence-electron chi connectivity index (χ0n) is 17.5. The normalized spacial score (nSPS) is 12.4. The molecule has 0 saturated carbocycles. The van der Waals surface area contributed by atoms with Crippen molar-refractivity contribution >= 4 is 12.2 Å². The molecule has 2 N–H and O–H groups in total. The number of Topliss-reactive ketones (excluding diaryl/α,β-unsaturated/α-hetero) is 1. The Morgan fingerprint density at radius 3 is 2.62 bits per heavy atom. The van der Waals surface area contributed by atoms with Crippen molar-refractivity contribution in [2.24, 2.45) is 0 Å². The lowest BCUT2D eigenvalue weighted by Crippen LogP contribution is -2.16. The second-order valence-electron chi connectivity index (χ2n) is 6.99. The topological polar surface area (TPSA) is 96.6 Å². The van der Waals surface area contributed by atoms with E-state index in [9.17, 15) is 19.5 Å². The van der Waals surface area contributed by atoms with Gasteiger partial charge >= 0.3 is 5.63 Å². The van der Waals surface area contributed by atoms with Crippen molar-refractivity contribution in [2.75, 3.05) is 0 Å². The van der Waals surface area contributed by atoms with Crippen LogP contribution in [0.25, 0.3) is 0 Å². The second-order valence-corrected chi connectivity index (χ2v) is 6.99. The van der Waals surface area contributed by atoms with Gasteiger partial charge in [-0.3, -0.25) is 9.59 Å². The third kappa shape index (κ3) is 8.77. The molecule has 158 valence electrons. The standard InChI is InChI=1S/C23H31NO5/c1-4-5-7-10-17(2)12-13-18(3)22(27)21-20(26)15-19(29-23(21)28)11-8-6-9-14-24-16-25/h9,12-16,26H,4-8,10-11H2,1-3H3,(H,24,25)/b14-9+,17-12+,18-13+. The number of allylic oxidation sites excluding steroid dienone is 5. The number of unbranched alkanes of at least 4 members (excludes halogenated alkanes) is 3. The van der Waals surface area contributed by atoms with Gasteiger partial charge in [-0.1, -0.05) is 43.6 Å². The van der Waals surface area contributed by atoms with E-state index in [1.54, 1.807) is 19.1 Å². The molecule has 0 aliphatic carbocycles. The summed E-state index contributed by atoms with van der Waals surface area (Å²) >= 11 is 0. The molecule has 0 radical (unpaired) electrons. The van der Waals surface area contributed by atoms with Crippen molar-refractivity contribution in [1.82, 2.24) is 5.32 Å². The van der Waals surface area contributed by atoms with Crippen molar-refractivity contribution in [3.05, 3.63) is 63.4 Å². The van der Waals surface area contributed by atoms with E-state index < -0.39 is 11.4 Å². The van der Waals surface area contributed by atoms with Crippen molar-refractivity contribution in [2.45, 2.75) is 65.7 Å². The van der Waals surface area contributed by atoms with Crippen LogP contribution >= 0.6 is 0 Å². The zero-order chi connectivity index (χ0) is 21.6. The maximum atomic E-state index is 12.6. The number of rotatable bonds is 13. The fraction of sp³-hybridized carbons (Fsp3) is 0.435. The van der Waals surface area contributed by atoms with Gasteiger partial charge in [-0.05, 0) is 51.3 Å². The molecule has 1 rings (SSSR count). The van der Waals surface area contributed by atoms with Gasteiger partial charge in [0.1, 0.15) is 17.1 Å². The molecule has 1 heterocycles. The molecule has 0 aliphatic rings. The van der Waals surface area contributed by atoms with E-state index >= 15 is 0 Å². The minimum atomic E-state index is -0.834. The SMILES string of the molecule is CCCCC/C(C)=C/C=C(\C)C(=O)c1c(O)cc(CCC/C=C/NC=O)oc1=O. The van der Waals surface area contributed by atoms with Crippen molar-refractivity contribution < 1.29 is 19.1 Å². The Bertz CT molecular complexity index is 830. The van der Waals surface area contributed by atoms with Crippen molar-refractivity contribution in [3.63, 3.8) is 0 Å². The minimum absolute atomic E-state index is 0.314. The summed E-state index contributed by atoms with van der Waals surface area (Å²) < 4.78 is 5.20. The Kier molecular flexibility index (Phi) is 11.1. The zero-order valence-corrected chi connectivity index (χ0v) is 17.5. The lowest BCUT2D eigenvalue weighted by Gasteiger charge is -2.05. The summed E-state index contributed by atoms with van der Waals surface area (Å²) in [5, 5.41) is 12.6. The number of hydrogen-bond donors (Lipinski definition) is 2. The molecule has 1 amide bonds. The number of nitrogens with one attached hydrogen (secondary N) is 1. The van der Waals surface area contributed by atoms with Gasteiger partial charge in [-0.15, -0.1) is 0 Å². The molecular formula is C23H31NO5. The molecule has 6 nitrogen and oxygen atoms in total. The molecule has 0 bridgehead atoms. The van der Waals surface area contributed by atoms with Crippen LogP contribution in [-0.2, 0) is 11.2 Å². The Hall–Kier alpha value is -2.89. The highest BCUT2D eigenvalue weighted by Gasteiger charge is 2.20. The monoisotopic (exact) mass is 401 g/mol. The largest absolute Gasteiger partial charge is 0.507 e. The highest BCUT2D eigenvalue weighted by molar-refractivity contribution is 6.09. The van der Waals surface area contributed by atoms with Gasteiger partial charge in [-0.2, -0.15) is 0 Å². The average Bonchev–Trinajstić information content (AvgIpc) is 2.68. The van der Waals surface area contributed by atoms with E-state index in [1.807, 2.05) is 13.0 Å². The lowest BCUT2D eigenvalue weighted by molar-refractivity contribution is -0.108. The van der Waals surface area contributed by atoms with Crippen LogP contribution in [0.15, 0.2) is 50.9 Å². The maximum absolute atomic E-state index is 12.6. The molecule has 1 aromatic rings. The van der Waals surface area contributed by atoms with Crippen LogP contribution in [-0.4, -0.2) is 17.3 Å². The van der Waals surface area contributed by atoms with E-state index in [2.05, 4.69) is 12.2 Å². The van der Waals surface area contributed by atoms with Crippen LogP contribution in [0.5, 0.6) is 5.75 Å². The number of ketones is 1. The molecule has 0 atom stereocenters. The highest BCUT2D eigenvalue weighted by atomic mass is 16.4. The van der Waals surface area contributed by atoms with E-state index in [4.69, 9.17) is 4.42 Å². The molecule has 0 spiro atoms. The predicted octanol–water partition coefficient (Wildman–Crippen LogP) is 4.58. The lowest BCUT2D eigenvalue weighted by atomic mass is 10.0. The Labute approximate surface area is 172 Å². The van der Waals surface area contributed by atoms with Crippen LogP contribution in [0, 0.1) is 0 Å². The summed E-state index contributed by atoms with van der Waals surface area (Å²) in [5.41, 5.74) is 0.353. The van der Waals surface area contributed by atoms with Gasteiger partial charge in [0.2, 0.25) is 6.41 Å². The van der Waals surface area contributed by atoms with Gasteiger partial charge in [0.15, 0.2) is 5.78 Å².